The predicted molar refractivity (Wildman–Crippen MR) is 108 cm³/mol. The maximum Gasteiger partial charge on any atom is 0.277 e. The molecular weight excluding hydrogens is 421 g/mol. The molecule has 0 spiro atoms. The minimum atomic E-state index is -0.522. The van der Waals surface area contributed by atoms with Crippen LogP contribution >= 0.6 is 23.2 Å². The number of benzene rings is 2. The Hall–Kier alpha value is -3.36. The second-order valence-corrected chi connectivity index (χ2v) is 6.51. The Bertz CT molecular complexity index is 1080. The van der Waals surface area contributed by atoms with Gasteiger partial charge in [0, 0.05) is 22.7 Å². The molecule has 3 aromatic rings. The third kappa shape index (κ3) is 5.56. The van der Waals surface area contributed by atoms with Crippen LogP contribution in [0.15, 0.2) is 64.1 Å². The summed E-state index contributed by atoms with van der Waals surface area (Å²) in [6.45, 7) is -0.246. The molecule has 0 saturated heterocycles. The fourth-order valence-electron chi connectivity index (χ4n) is 2.29. The predicted octanol–water partition coefficient (Wildman–Crippen LogP) is 4.69. The zero-order valence-electron chi connectivity index (χ0n) is 14.7. The molecule has 0 unspecified atom stereocenters. The Morgan fingerprint density at radius 1 is 1.21 bits per heavy atom. The number of ether oxygens (including phenoxy) is 1. The van der Waals surface area contributed by atoms with Gasteiger partial charge >= 0.3 is 0 Å². The fourth-order valence-corrected chi connectivity index (χ4v) is 2.68. The van der Waals surface area contributed by atoms with E-state index in [9.17, 15) is 14.9 Å². The van der Waals surface area contributed by atoms with Gasteiger partial charge in [-0.25, -0.2) is 5.43 Å². The largest absolute Gasteiger partial charge is 0.484 e. The molecule has 0 aliphatic rings. The molecule has 0 saturated carbocycles. The number of furan rings is 1. The van der Waals surface area contributed by atoms with Gasteiger partial charge in [0.25, 0.3) is 11.6 Å². The van der Waals surface area contributed by atoms with E-state index >= 15 is 0 Å². The number of hydrazone groups is 1. The molecule has 2 aromatic carbocycles. The standard InChI is InChI=1S/C19H13Cl2N3O5/c20-12-2-1-3-14(8-12)28-11-19(25)23-22-10-15-5-7-18(29-15)16-9-13(24(26)27)4-6-17(16)21/h1-10H,11H2,(H,23,25). The number of carbonyl (C=O) groups excluding carboxylic acids is 1. The number of rotatable bonds is 7. The Balaban J connectivity index is 1.58. The van der Waals surface area contributed by atoms with Crippen LogP contribution in [0.25, 0.3) is 11.3 Å². The number of nitrogens with one attached hydrogen (secondary N) is 1. The quantitative estimate of drug-likeness (QED) is 0.330. The summed E-state index contributed by atoms with van der Waals surface area (Å²) in [6, 6.07) is 13.9. The summed E-state index contributed by atoms with van der Waals surface area (Å²) in [4.78, 5) is 22.2. The van der Waals surface area contributed by atoms with E-state index in [1.165, 1.54) is 24.4 Å². The van der Waals surface area contributed by atoms with Crippen molar-refractivity contribution in [2.45, 2.75) is 0 Å². The van der Waals surface area contributed by atoms with Gasteiger partial charge in [-0.05, 0) is 36.4 Å². The van der Waals surface area contributed by atoms with Crippen LogP contribution in [-0.2, 0) is 4.79 Å². The lowest BCUT2D eigenvalue weighted by Gasteiger charge is -2.04. The molecule has 0 aliphatic carbocycles. The highest BCUT2D eigenvalue weighted by atomic mass is 35.5. The van der Waals surface area contributed by atoms with E-state index in [4.69, 9.17) is 32.4 Å². The molecule has 29 heavy (non-hydrogen) atoms. The summed E-state index contributed by atoms with van der Waals surface area (Å²) in [5, 5.41) is 15.5. The van der Waals surface area contributed by atoms with Crippen molar-refractivity contribution in [3.8, 4) is 17.1 Å². The first-order valence-corrected chi connectivity index (χ1v) is 8.92. The molecule has 1 aromatic heterocycles. The van der Waals surface area contributed by atoms with Gasteiger partial charge in [-0.15, -0.1) is 0 Å². The Morgan fingerprint density at radius 3 is 2.79 bits per heavy atom. The maximum atomic E-state index is 11.8. The van der Waals surface area contributed by atoms with E-state index in [1.807, 2.05) is 0 Å². The molecule has 3 rings (SSSR count). The first-order chi connectivity index (χ1) is 13.9. The summed E-state index contributed by atoms with van der Waals surface area (Å²) in [5.74, 6) is 0.630. The number of hydrogen-bond donors (Lipinski definition) is 1. The molecule has 0 fully saturated rings. The van der Waals surface area contributed by atoms with Gasteiger partial charge in [0.2, 0.25) is 0 Å². The Labute approximate surface area is 174 Å². The SMILES string of the molecule is O=C(COc1cccc(Cl)c1)NN=Cc1ccc(-c2cc([N+](=O)[O-])ccc2Cl)o1. The van der Waals surface area contributed by atoms with Gasteiger partial charge in [-0.1, -0.05) is 29.3 Å². The summed E-state index contributed by atoms with van der Waals surface area (Å²) in [7, 11) is 0. The van der Waals surface area contributed by atoms with E-state index < -0.39 is 10.8 Å². The molecular formula is C19H13Cl2N3O5. The number of nitro groups is 1. The van der Waals surface area contributed by atoms with Gasteiger partial charge < -0.3 is 9.15 Å². The Kier molecular flexibility index (Phi) is 6.48. The van der Waals surface area contributed by atoms with Crippen LogP contribution in [0, 0.1) is 10.1 Å². The molecule has 0 bridgehead atoms. The smallest absolute Gasteiger partial charge is 0.277 e. The van der Waals surface area contributed by atoms with Gasteiger partial charge in [-0.2, -0.15) is 5.10 Å². The third-order valence-corrected chi connectivity index (χ3v) is 4.16. The monoisotopic (exact) mass is 433 g/mol. The maximum absolute atomic E-state index is 11.8. The minimum Gasteiger partial charge on any atom is -0.484 e. The van der Waals surface area contributed by atoms with Crippen LogP contribution in [-0.4, -0.2) is 23.7 Å². The van der Waals surface area contributed by atoms with Crippen molar-refractivity contribution in [1.29, 1.82) is 0 Å². The van der Waals surface area contributed by atoms with Crippen molar-refractivity contribution in [3.63, 3.8) is 0 Å². The number of non-ortho nitro benzene ring substituents is 1. The van der Waals surface area contributed by atoms with Crippen LogP contribution in [0.5, 0.6) is 5.75 Å². The van der Waals surface area contributed by atoms with Gasteiger partial charge in [0.05, 0.1) is 16.2 Å². The van der Waals surface area contributed by atoms with Crippen LogP contribution < -0.4 is 10.2 Å². The lowest BCUT2D eigenvalue weighted by Crippen LogP contribution is -2.24. The van der Waals surface area contributed by atoms with Crippen LogP contribution in [0.1, 0.15) is 5.76 Å². The first-order valence-electron chi connectivity index (χ1n) is 8.17. The molecule has 0 radical (unpaired) electrons. The summed E-state index contributed by atoms with van der Waals surface area (Å²) in [5.41, 5.74) is 2.56. The molecule has 148 valence electrons. The molecule has 8 nitrogen and oxygen atoms in total. The van der Waals surface area contributed by atoms with Crippen LogP contribution in [0.3, 0.4) is 0 Å². The summed E-state index contributed by atoms with van der Waals surface area (Å²) >= 11 is 11.9. The zero-order chi connectivity index (χ0) is 20.8. The van der Waals surface area contributed by atoms with Crippen molar-refractivity contribution in [3.05, 3.63) is 80.5 Å². The number of nitrogens with zero attached hydrogens (tertiary/aromatic N) is 2. The number of hydrogen-bond acceptors (Lipinski definition) is 6. The topological polar surface area (TPSA) is 107 Å². The normalized spacial score (nSPS) is 10.8. The lowest BCUT2D eigenvalue weighted by molar-refractivity contribution is -0.384. The average Bonchev–Trinajstić information content (AvgIpc) is 3.15. The van der Waals surface area contributed by atoms with Crippen molar-refractivity contribution in [2.75, 3.05) is 6.61 Å². The average molecular weight is 434 g/mol. The summed E-state index contributed by atoms with van der Waals surface area (Å²) in [6.07, 6.45) is 1.28. The van der Waals surface area contributed by atoms with Crippen molar-refractivity contribution in [1.82, 2.24) is 5.43 Å². The van der Waals surface area contributed by atoms with Crippen LogP contribution in [0.4, 0.5) is 5.69 Å². The fraction of sp³-hybridized carbons (Fsp3) is 0.0526. The van der Waals surface area contributed by atoms with Gasteiger partial charge in [0.15, 0.2) is 6.61 Å². The summed E-state index contributed by atoms with van der Waals surface area (Å²) < 4.78 is 10.8. The minimum absolute atomic E-state index is 0.108. The lowest BCUT2D eigenvalue weighted by atomic mass is 10.1. The molecule has 0 aliphatic heterocycles. The van der Waals surface area contributed by atoms with E-state index in [0.29, 0.717) is 32.9 Å². The molecule has 1 amide bonds. The van der Waals surface area contributed by atoms with Crippen molar-refractivity contribution in [2.24, 2.45) is 5.10 Å². The number of carbonyl (C=O) groups is 1. The second kappa shape index (κ2) is 9.22. The third-order valence-electron chi connectivity index (χ3n) is 3.60. The zero-order valence-corrected chi connectivity index (χ0v) is 16.2. The number of halogens is 2. The van der Waals surface area contributed by atoms with Gasteiger partial charge in [-0.3, -0.25) is 14.9 Å². The highest BCUT2D eigenvalue weighted by Crippen LogP contribution is 2.32. The Morgan fingerprint density at radius 2 is 2.03 bits per heavy atom. The molecule has 10 heteroatoms. The van der Waals surface area contributed by atoms with Gasteiger partial charge in [0.1, 0.15) is 17.3 Å². The van der Waals surface area contributed by atoms with E-state index in [1.54, 1.807) is 36.4 Å². The molecule has 0 atom stereocenters. The van der Waals surface area contributed by atoms with Crippen molar-refractivity contribution >= 4 is 41.0 Å². The van der Waals surface area contributed by atoms with Crippen LogP contribution in [0.2, 0.25) is 10.0 Å². The van der Waals surface area contributed by atoms with Crippen molar-refractivity contribution < 1.29 is 18.9 Å². The number of amides is 1. The van der Waals surface area contributed by atoms with E-state index in [-0.39, 0.29) is 12.3 Å². The van der Waals surface area contributed by atoms with E-state index in [0.717, 1.165) is 0 Å². The first kappa shape index (κ1) is 20.4. The second-order valence-electron chi connectivity index (χ2n) is 5.66. The van der Waals surface area contributed by atoms with E-state index in [2.05, 4.69) is 10.5 Å². The highest BCUT2D eigenvalue weighted by molar-refractivity contribution is 6.33. The highest BCUT2D eigenvalue weighted by Gasteiger charge is 2.14. The molecule has 1 N–H and O–H groups in total. The number of nitro benzene ring substituents is 1. The molecule has 1 heterocycles.